The molecule has 0 aromatic heterocycles. The number of rotatable bonds is 3. The monoisotopic (exact) mass is 199 g/mol. The lowest BCUT2D eigenvalue weighted by Gasteiger charge is -2.17. The standard InChI is InChI=1S/C9H17N3O2/c1-5(6(2)10)9(14)12-7-3-8(13)11-4-7/h5-7H,3-4,10H2,1-2H3,(H,11,13)(H,12,14). The van der Waals surface area contributed by atoms with E-state index in [1.807, 2.05) is 0 Å². The SMILES string of the molecule is CC(N)C(C)C(=O)NC1CNC(=O)C1. The molecule has 3 atom stereocenters. The molecule has 0 aromatic carbocycles. The Hall–Kier alpha value is -1.10. The van der Waals surface area contributed by atoms with Crippen LogP contribution in [0.2, 0.25) is 0 Å². The summed E-state index contributed by atoms with van der Waals surface area (Å²) in [6.45, 7) is 4.10. The molecule has 0 radical (unpaired) electrons. The van der Waals surface area contributed by atoms with E-state index in [0.29, 0.717) is 13.0 Å². The molecule has 2 amide bonds. The fraction of sp³-hybridized carbons (Fsp3) is 0.778. The van der Waals surface area contributed by atoms with Gasteiger partial charge in [-0.25, -0.2) is 0 Å². The summed E-state index contributed by atoms with van der Waals surface area (Å²) in [5, 5.41) is 5.45. The molecule has 4 N–H and O–H groups in total. The number of nitrogens with two attached hydrogens (primary N) is 1. The predicted octanol–water partition coefficient (Wildman–Crippen LogP) is -1.03. The number of hydrogen-bond acceptors (Lipinski definition) is 3. The highest BCUT2D eigenvalue weighted by Crippen LogP contribution is 2.04. The highest BCUT2D eigenvalue weighted by molar-refractivity contribution is 5.83. The Labute approximate surface area is 83.4 Å². The van der Waals surface area contributed by atoms with E-state index in [1.54, 1.807) is 13.8 Å². The first kappa shape index (κ1) is 11.0. The lowest BCUT2D eigenvalue weighted by Crippen LogP contribution is -2.44. The van der Waals surface area contributed by atoms with Crippen molar-refractivity contribution >= 4 is 11.8 Å². The van der Waals surface area contributed by atoms with Crippen LogP contribution in [0.25, 0.3) is 0 Å². The second kappa shape index (κ2) is 4.41. The molecular weight excluding hydrogens is 182 g/mol. The highest BCUT2D eigenvalue weighted by Gasteiger charge is 2.25. The van der Waals surface area contributed by atoms with Crippen LogP contribution in [0, 0.1) is 5.92 Å². The van der Waals surface area contributed by atoms with Crippen molar-refractivity contribution in [3.05, 3.63) is 0 Å². The Bertz CT molecular complexity index is 240. The van der Waals surface area contributed by atoms with Crippen LogP contribution in [-0.4, -0.2) is 30.4 Å². The Morgan fingerprint density at radius 2 is 2.29 bits per heavy atom. The number of carbonyl (C=O) groups excluding carboxylic acids is 2. The summed E-state index contributed by atoms with van der Waals surface area (Å²) in [5.41, 5.74) is 5.59. The summed E-state index contributed by atoms with van der Waals surface area (Å²) in [4.78, 5) is 22.4. The summed E-state index contributed by atoms with van der Waals surface area (Å²) in [6, 6.07) is -0.240. The maximum Gasteiger partial charge on any atom is 0.224 e. The number of hydrogen-bond donors (Lipinski definition) is 3. The second-order valence-electron chi connectivity index (χ2n) is 3.86. The van der Waals surface area contributed by atoms with Crippen molar-refractivity contribution in [3.8, 4) is 0 Å². The fourth-order valence-electron chi connectivity index (χ4n) is 1.28. The summed E-state index contributed by atoms with van der Waals surface area (Å²) in [7, 11) is 0. The first-order chi connectivity index (χ1) is 6.50. The Kier molecular flexibility index (Phi) is 3.46. The van der Waals surface area contributed by atoms with Crippen LogP contribution in [0.1, 0.15) is 20.3 Å². The Morgan fingerprint density at radius 1 is 1.64 bits per heavy atom. The van der Waals surface area contributed by atoms with Crippen LogP contribution < -0.4 is 16.4 Å². The molecular formula is C9H17N3O2. The molecule has 1 aliphatic heterocycles. The number of nitrogens with one attached hydrogen (secondary N) is 2. The molecule has 5 nitrogen and oxygen atoms in total. The van der Waals surface area contributed by atoms with E-state index in [9.17, 15) is 9.59 Å². The van der Waals surface area contributed by atoms with E-state index in [4.69, 9.17) is 5.73 Å². The van der Waals surface area contributed by atoms with Crippen molar-refractivity contribution in [1.29, 1.82) is 0 Å². The molecule has 0 saturated carbocycles. The zero-order chi connectivity index (χ0) is 10.7. The van der Waals surface area contributed by atoms with Crippen LogP contribution in [0.4, 0.5) is 0 Å². The van der Waals surface area contributed by atoms with Gasteiger partial charge < -0.3 is 16.4 Å². The van der Waals surface area contributed by atoms with Gasteiger partial charge in [-0.15, -0.1) is 0 Å². The average Bonchev–Trinajstić information content (AvgIpc) is 2.49. The minimum atomic E-state index is -0.217. The smallest absolute Gasteiger partial charge is 0.224 e. The molecule has 5 heteroatoms. The molecule has 0 aliphatic carbocycles. The van der Waals surface area contributed by atoms with Gasteiger partial charge in [-0.3, -0.25) is 9.59 Å². The Balaban J connectivity index is 2.37. The summed E-state index contributed by atoms with van der Waals surface area (Å²) >= 11 is 0. The van der Waals surface area contributed by atoms with Gasteiger partial charge in [0.15, 0.2) is 0 Å². The molecule has 3 unspecified atom stereocenters. The van der Waals surface area contributed by atoms with Crippen molar-refractivity contribution < 1.29 is 9.59 Å². The number of amides is 2. The van der Waals surface area contributed by atoms with Crippen molar-refractivity contribution in [3.63, 3.8) is 0 Å². The average molecular weight is 199 g/mol. The third kappa shape index (κ3) is 2.70. The van der Waals surface area contributed by atoms with Crippen LogP contribution in [0.5, 0.6) is 0 Å². The minimum absolute atomic E-state index is 0.0104. The summed E-state index contributed by atoms with van der Waals surface area (Å²) in [5.74, 6) is -0.309. The quantitative estimate of drug-likeness (QED) is 0.543. The van der Waals surface area contributed by atoms with Gasteiger partial charge in [-0.1, -0.05) is 6.92 Å². The fourth-order valence-corrected chi connectivity index (χ4v) is 1.28. The molecule has 1 rings (SSSR count). The van der Waals surface area contributed by atoms with E-state index in [1.165, 1.54) is 0 Å². The van der Waals surface area contributed by atoms with Gasteiger partial charge in [0.2, 0.25) is 11.8 Å². The summed E-state index contributed by atoms with van der Waals surface area (Å²) < 4.78 is 0. The maximum absolute atomic E-state index is 11.5. The van der Waals surface area contributed by atoms with Crippen molar-refractivity contribution in [2.75, 3.05) is 6.54 Å². The number of carbonyl (C=O) groups is 2. The van der Waals surface area contributed by atoms with E-state index in [2.05, 4.69) is 10.6 Å². The van der Waals surface area contributed by atoms with E-state index >= 15 is 0 Å². The van der Waals surface area contributed by atoms with E-state index in [-0.39, 0.29) is 29.8 Å². The Morgan fingerprint density at radius 3 is 2.71 bits per heavy atom. The second-order valence-corrected chi connectivity index (χ2v) is 3.86. The van der Waals surface area contributed by atoms with Gasteiger partial charge >= 0.3 is 0 Å². The normalized spacial score (nSPS) is 25.4. The van der Waals surface area contributed by atoms with Crippen molar-refractivity contribution in [2.45, 2.75) is 32.4 Å². The first-order valence-corrected chi connectivity index (χ1v) is 4.83. The van der Waals surface area contributed by atoms with Crippen LogP contribution in [-0.2, 0) is 9.59 Å². The summed E-state index contributed by atoms with van der Waals surface area (Å²) in [6.07, 6.45) is 0.372. The molecule has 1 heterocycles. The first-order valence-electron chi connectivity index (χ1n) is 4.83. The topological polar surface area (TPSA) is 84.2 Å². The molecule has 0 spiro atoms. The molecule has 0 bridgehead atoms. The third-order valence-corrected chi connectivity index (χ3v) is 2.53. The molecule has 1 saturated heterocycles. The zero-order valence-corrected chi connectivity index (χ0v) is 8.54. The van der Waals surface area contributed by atoms with E-state index < -0.39 is 0 Å². The van der Waals surface area contributed by atoms with Gasteiger partial charge in [0.25, 0.3) is 0 Å². The third-order valence-electron chi connectivity index (χ3n) is 2.53. The predicted molar refractivity (Wildman–Crippen MR) is 52.4 cm³/mol. The van der Waals surface area contributed by atoms with Gasteiger partial charge in [-0.05, 0) is 6.92 Å². The van der Waals surface area contributed by atoms with Gasteiger partial charge in [0.05, 0.1) is 6.04 Å². The lowest BCUT2D eigenvalue weighted by atomic mass is 10.0. The van der Waals surface area contributed by atoms with Gasteiger partial charge in [-0.2, -0.15) is 0 Å². The zero-order valence-electron chi connectivity index (χ0n) is 8.54. The molecule has 0 aromatic rings. The molecule has 14 heavy (non-hydrogen) atoms. The van der Waals surface area contributed by atoms with Gasteiger partial charge in [0.1, 0.15) is 0 Å². The van der Waals surface area contributed by atoms with Crippen molar-refractivity contribution in [1.82, 2.24) is 10.6 Å². The molecule has 80 valence electrons. The molecule has 1 aliphatic rings. The highest BCUT2D eigenvalue weighted by atomic mass is 16.2. The van der Waals surface area contributed by atoms with Crippen LogP contribution in [0.15, 0.2) is 0 Å². The van der Waals surface area contributed by atoms with Crippen LogP contribution >= 0.6 is 0 Å². The van der Waals surface area contributed by atoms with E-state index in [0.717, 1.165) is 0 Å². The largest absolute Gasteiger partial charge is 0.354 e. The van der Waals surface area contributed by atoms with Crippen LogP contribution in [0.3, 0.4) is 0 Å². The maximum atomic E-state index is 11.5. The molecule has 1 fully saturated rings. The van der Waals surface area contributed by atoms with Gasteiger partial charge in [0, 0.05) is 24.9 Å². The minimum Gasteiger partial charge on any atom is -0.354 e. The lowest BCUT2D eigenvalue weighted by molar-refractivity contribution is -0.125. The van der Waals surface area contributed by atoms with Crippen molar-refractivity contribution in [2.24, 2.45) is 11.7 Å².